The predicted molar refractivity (Wildman–Crippen MR) is 127 cm³/mol. The van der Waals surface area contributed by atoms with Crippen molar-refractivity contribution in [2.75, 3.05) is 26.8 Å². The van der Waals surface area contributed by atoms with Gasteiger partial charge in [0, 0.05) is 50.8 Å². The molecule has 0 atom stereocenters. The summed E-state index contributed by atoms with van der Waals surface area (Å²) in [5, 5.41) is 11.2. The molecule has 0 bridgehead atoms. The van der Waals surface area contributed by atoms with Crippen molar-refractivity contribution in [2.45, 2.75) is 51.5 Å². The number of ether oxygens (including phenoxy) is 1. The van der Waals surface area contributed by atoms with E-state index < -0.39 is 0 Å². The van der Waals surface area contributed by atoms with Gasteiger partial charge in [-0.1, -0.05) is 49.3 Å². The highest BCUT2D eigenvalue weighted by Gasteiger charge is 2.34. The quantitative estimate of drug-likeness (QED) is 0.335. The molecule has 0 aliphatic carbocycles. The first-order valence-corrected chi connectivity index (χ1v) is 10.3. The number of hydrogen-bond donors (Lipinski definition) is 2. The van der Waals surface area contributed by atoms with Crippen LogP contribution < -0.4 is 10.6 Å². The predicted octanol–water partition coefficient (Wildman–Crippen LogP) is 3.83. The minimum Gasteiger partial charge on any atom is -0.381 e. The van der Waals surface area contributed by atoms with Crippen molar-refractivity contribution >= 4 is 29.9 Å². The summed E-state index contributed by atoms with van der Waals surface area (Å²) in [4.78, 5) is 4.42. The molecule has 1 aliphatic rings. The van der Waals surface area contributed by atoms with E-state index in [1.807, 2.05) is 7.05 Å². The zero-order valence-electron chi connectivity index (χ0n) is 17.7. The summed E-state index contributed by atoms with van der Waals surface area (Å²) in [6.07, 6.45) is 3.72. The van der Waals surface area contributed by atoms with Crippen LogP contribution >= 0.6 is 24.0 Å². The zero-order chi connectivity index (χ0) is 19.8. The van der Waals surface area contributed by atoms with E-state index in [9.17, 15) is 0 Å². The summed E-state index contributed by atoms with van der Waals surface area (Å²) >= 11 is 0. The van der Waals surface area contributed by atoms with Gasteiger partial charge in [0.2, 0.25) is 0 Å². The number of guanidine groups is 1. The molecule has 1 aliphatic heterocycles. The van der Waals surface area contributed by atoms with Crippen LogP contribution in [0.1, 0.15) is 49.3 Å². The van der Waals surface area contributed by atoms with E-state index >= 15 is 0 Å². The smallest absolute Gasteiger partial charge is 0.191 e. The highest BCUT2D eigenvalue weighted by Crippen LogP contribution is 2.34. The van der Waals surface area contributed by atoms with Gasteiger partial charge in [-0.25, -0.2) is 0 Å². The van der Waals surface area contributed by atoms with Crippen LogP contribution in [0.15, 0.2) is 39.8 Å². The first-order chi connectivity index (χ1) is 13.7. The first-order valence-electron chi connectivity index (χ1n) is 10.3. The average molecular weight is 512 g/mol. The van der Waals surface area contributed by atoms with E-state index in [2.05, 4.69) is 65.0 Å². The van der Waals surface area contributed by atoms with Crippen LogP contribution in [0.4, 0.5) is 0 Å². The van der Waals surface area contributed by atoms with E-state index in [1.54, 1.807) is 0 Å². The molecular weight excluding hydrogens is 479 g/mol. The van der Waals surface area contributed by atoms with Gasteiger partial charge in [0.05, 0.1) is 5.69 Å². The maximum atomic E-state index is 5.64. The summed E-state index contributed by atoms with van der Waals surface area (Å²) < 4.78 is 11.1. The van der Waals surface area contributed by atoms with Crippen molar-refractivity contribution in [2.24, 2.45) is 4.99 Å². The van der Waals surface area contributed by atoms with Crippen molar-refractivity contribution in [3.05, 3.63) is 52.9 Å². The van der Waals surface area contributed by atoms with E-state index in [1.165, 1.54) is 5.56 Å². The summed E-state index contributed by atoms with van der Waals surface area (Å²) in [6.45, 7) is 7.27. The van der Waals surface area contributed by atoms with Gasteiger partial charge in [0.15, 0.2) is 5.96 Å². The van der Waals surface area contributed by atoms with Crippen LogP contribution in [0.2, 0.25) is 0 Å². The molecule has 0 amide bonds. The minimum absolute atomic E-state index is 0. The molecule has 160 valence electrons. The van der Waals surface area contributed by atoms with Crippen molar-refractivity contribution < 1.29 is 9.26 Å². The molecule has 2 aromatic rings. The molecule has 1 saturated heterocycles. The molecule has 1 fully saturated rings. The second kappa shape index (κ2) is 11.5. The fourth-order valence-electron chi connectivity index (χ4n) is 3.90. The van der Waals surface area contributed by atoms with Gasteiger partial charge in [-0.15, -0.1) is 24.0 Å². The molecule has 29 heavy (non-hydrogen) atoms. The molecule has 7 heteroatoms. The number of aliphatic imine (C=N–C) groups is 1. The second-order valence-corrected chi connectivity index (χ2v) is 7.28. The largest absolute Gasteiger partial charge is 0.381 e. The normalized spacial score (nSPS) is 16.2. The Morgan fingerprint density at radius 2 is 1.83 bits per heavy atom. The molecule has 2 heterocycles. The third-order valence-electron chi connectivity index (χ3n) is 5.69. The number of hydrogen-bond acceptors (Lipinski definition) is 4. The Labute approximate surface area is 190 Å². The number of aryl methyl sites for hydroxylation is 2. The molecule has 1 aromatic heterocycles. The number of rotatable bonds is 7. The molecule has 0 spiro atoms. The highest BCUT2D eigenvalue weighted by molar-refractivity contribution is 14.0. The van der Waals surface area contributed by atoms with Crippen molar-refractivity contribution in [1.82, 2.24) is 15.8 Å². The summed E-state index contributed by atoms with van der Waals surface area (Å²) in [5.74, 6) is 1.75. The molecular formula is C22H33IN4O2. The third-order valence-corrected chi connectivity index (χ3v) is 5.69. The van der Waals surface area contributed by atoms with E-state index in [4.69, 9.17) is 9.26 Å². The van der Waals surface area contributed by atoms with Crippen LogP contribution in [0.5, 0.6) is 0 Å². The minimum atomic E-state index is 0. The summed E-state index contributed by atoms with van der Waals surface area (Å²) in [7, 11) is 1.81. The van der Waals surface area contributed by atoms with Crippen molar-refractivity contribution in [3.8, 4) is 0 Å². The highest BCUT2D eigenvalue weighted by atomic mass is 127. The molecule has 2 N–H and O–H groups in total. The fraction of sp³-hybridized carbons (Fsp3) is 0.545. The fourth-order valence-corrected chi connectivity index (χ4v) is 3.90. The number of nitrogens with zero attached hydrogens (tertiary/aromatic N) is 2. The second-order valence-electron chi connectivity index (χ2n) is 7.28. The Morgan fingerprint density at radius 3 is 2.45 bits per heavy atom. The van der Waals surface area contributed by atoms with E-state index in [-0.39, 0.29) is 29.4 Å². The summed E-state index contributed by atoms with van der Waals surface area (Å²) in [6, 6.07) is 10.7. The average Bonchev–Trinajstić information content (AvgIpc) is 3.17. The monoisotopic (exact) mass is 512 g/mol. The van der Waals surface area contributed by atoms with Gasteiger partial charge in [-0.2, -0.15) is 0 Å². The van der Waals surface area contributed by atoms with Crippen LogP contribution in [0.25, 0.3) is 0 Å². The molecule has 3 rings (SSSR count). The molecule has 6 nitrogen and oxygen atoms in total. The Kier molecular flexibility index (Phi) is 9.42. The van der Waals surface area contributed by atoms with Gasteiger partial charge in [0.1, 0.15) is 5.76 Å². The Hall–Kier alpha value is -1.61. The lowest BCUT2D eigenvalue weighted by atomic mass is 9.74. The van der Waals surface area contributed by atoms with Gasteiger partial charge >= 0.3 is 0 Å². The zero-order valence-corrected chi connectivity index (χ0v) is 20.0. The first kappa shape index (κ1) is 23.7. The third kappa shape index (κ3) is 5.72. The van der Waals surface area contributed by atoms with Gasteiger partial charge in [-0.05, 0) is 24.8 Å². The van der Waals surface area contributed by atoms with Crippen molar-refractivity contribution in [3.63, 3.8) is 0 Å². The number of nitrogens with one attached hydrogen (secondary N) is 2. The lowest BCUT2D eigenvalue weighted by Gasteiger charge is -2.38. The van der Waals surface area contributed by atoms with E-state index in [0.29, 0.717) is 6.54 Å². The SMILES string of the molecule is CCc1noc(CC)c1CNC(=NC)NCC1(c2ccccc2)CCOCC1.I. The Balaban J connectivity index is 0.00000300. The van der Waals surface area contributed by atoms with Crippen LogP contribution in [-0.2, 0) is 29.5 Å². The maximum absolute atomic E-state index is 5.64. The number of halogens is 1. The molecule has 0 saturated carbocycles. The Bertz CT molecular complexity index is 749. The van der Waals surface area contributed by atoms with Gasteiger partial charge in [0.25, 0.3) is 0 Å². The number of aromatic nitrogens is 1. The van der Waals surface area contributed by atoms with Gasteiger partial charge in [-0.3, -0.25) is 4.99 Å². The van der Waals surface area contributed by atoms with Gasteiger partial charge < -0.3 is 19.9 Å². The summed E-state index contributed by atoms with van der Waals surface area (Å²) in [5.41, 5.74) is 3.60. The van der Waals surface area contributed by atoms with E-state index in [0.717, 1.165) is 68.4 Å². The lowest BCUT2D eigenvalue weighted by Crippen LogP contribution is -2.48. The van der Waals surface area contributed by atoms with Crippen LogP contribution in [0, 0.1) is 0 Å². The van der Waals surface area contributed by atoms with Crippen LogP contribution in [0.3, 0.4) is 0 Å². The molecule has 0 unspecified atom stereocenters. The molecule has 1 aromatic carbocycles. The standard InChI is InChI=1S/C22H32N4O2.HI/c1-4-19-18(20(5-2)28-26-19)15-24-21(23-3)25-16-22(11-13-27-14-12-22)17-9-7-6-8-10-17;/h6-10H,4-5,11-16H2,1-3H3,(H2,23,24,25);1H. The number of benzene rings is 1. The molecule has 0 radical (unpaired) electrons. The topological polar surface area (TPSA) is 71.7 Å². The maximum Gasteiger partial charge on any atom is 0.191 e. The lowest BCUT2D eigenvalue weighted by molar-refractivity contribution is 0.0514. The van der Waals surface area contributed by atoms with Crippen LogP contribution in [-0.4, -0.2) is 37.9 Å². The Morgan fingerprint density at radius 1 is 1.10 bits per heavy atom. The van der Waals surface area contributed by atoms with Crippen molar-refractivity contribution in [1.29, 1.82) is 0 Å².